The first-order valence-corrected chi connectivity index (χ1v) is 10.6. The average molecular weight is 494 g/mol. The zero-order valence-electron chi connectivity index (χ0n) is 15.8. The molecule has 3 rings (SSSR count). The summed E-state index contributed by atoms with van der Waals surface area (Å²) in [7, 11) is 1.57. The van der Waals surface area contributed by atoms with Gasteiger partial charge in [-0.2, -0.15) is 0 Å². The molecule has 2 aromatic carbocycles. The summed E-state index contributed by atoms with van der Waals surface area (Å²) in [6.45, 7) is 5.90. The van der Waals surface area contributed by atoms with Gasteiger partial charge in [0.1, 0.15) is 6.61 Å². The predicted molar refractivity (Wildman–Crippen MR) is 123 cm³/mol. The molecule has 2 aromatic rings. The third kappa shape index (κ3) is 5.04. The lowest BCUT2D eigenvalue weighted by molar-refractivity contribution is -0.115. The van der Waals surface area contributed by atoms with E-state index in [9.17, 15) is 4.79 Å². The number of amides is 1. The van der Waals surface area contributed by atoms with Gasteiger partial charge in [0.2, 0.25) is 0 Å². The highest BCUT2D eigenvalue weighted by Crippen LogP contribution is 2.37. The average Bonchev–Trinajstić information content (AvgIpc) is 3.04. The molecule has 0 atom stereocenters. The first-order valence-electron chi connectivity index (χ1n) is 8.59. The van der Waals surface area contributed by atoms with Crippen LogP contribution in [0, 0.1) is 6.92 Å². The number of benzene rings is 2. The normalized spacial score (nSPS) is 16.2. The summed E-state index contributed by atoms with van der Waals surface area (Å²) in [5.41, 5.74) is 2.36. The Bertz CT molecular complexity index is 1040. The van der Waals surface area contributed by atoms with Crippen molar-refractivity contribution >= 4 is 62.1 Å². The number of carbonyl (C=O) groups excluding carboxylic acids is 1. The first kappa shape index (κ1) is 21.5. The van der Waals surface area contributed by atoms with Crippen LogP contribution in [0.25, 0.3) is 6.08 Å². The molecular weight excluding hydrogens is 476 g/mol. The molecule has 1 N–H and O–H groups in total. The van der Waals surface area contributed by atoms with E-state index in [2.05, 4.69) is 32.8 Å². The highest BCUT2D eigenvalue weighted by atomic mass is 79.9. The number of nitrogens with one attached hydrogen (secondary N) is 1. The number of ether oxygens (including phenoxy) is 2. The summed E-state index contributed by atoms with van der Waals surface area (Å²) in [5.74, 6) is 0.934. The molecule has 5 nitrogen and oxygen atoms in total. The van der Waals surface area contributed by atoms with Crippen LogP contribution >= 0.6 is 39.3 Å². The Balaban J connectivity index is 1.89. The Morgan fingerprint density at radius 1 is 1.34 bits per heavy atom. The van der Waals surface area contributed by atoms with E-state index in [1.54, 1.807) is 37.5 Å². The fourth-order valence-electron chi connectivity index (χ4n) is 2.53. The van der Waals surface area contributed by atoms with Gasteiger partial charge in [-0.25, -0.2) is 4.99 Å². The van der Waals surface area contributed by atoms with E-state index in [0.29, 0.717) is 38.9 Å². The lowest BCUT2D eigenvalue weighted by Crippen LogP contribution is -2.19. The summed E-state index contributed by atoms with van der Waals surface area (Å²) in [5, 5.41) is 3.92. The summed E-state index contributed by atoms with van der Waals surface area (Å²) in [4.78, 5) is 17.5. The van der Waals surface area contributed by atoms with Crippen molar-refractivity contribution in [3.05, 3.63) is 68.5 Å². The van der Waals surface area contributed by atoms with Crippen molar-refractivity contribution in [3.8, 4) is 11.5 Å². The van der Waals surface area contributed by atoms with E-state index < -0.39 is 0 Å². The van der Waals surface area contributed by atoms with Crippen LogP contribution in [-0.4, -0.2) is 24.8 Å². The van der Waals surface area contributed by atoms with Crippen LogP contribution in [0.4, 0.5) is 5.69 Å². The summed E-state index contributed by atoms with van der Waals surface area (Å²) in [6, 6.07) is 9.09. The van der Waals surface area contributed by atoms with Gasteiger partial charge in [-0.3, -0.25) is 4.79 Å². The molecule has 0 radical (unpaired) electrons. The third-order valence-electron chi connectivity index (χ3n) is 4.04. The van der Waals surface area contributed by atoms with E-state index in [4.69, 9.17) is 21.1 Å². The maximum Gasteiger partial charge on any atom is 0.264 e. The van der Waals surface area contributed by atoms with Crippen molar-refractivity contribution in [1.29, 1.82) is 0 Å². The van der Waals surface area contributed by atoms with Gasteiger partial charge in [0.25, 0.3) is 5.91 Å². The smallest absolute Gasteiger partial charge is 0.264 e. The Hall–Kier alpha value is -2.22. The number of nitrogens with zero attached hydrogens (tertiary/aromatic N) is 1. The molecule has 29 heavy (non-hydrogen) atoms. The molecule has 1 saturated heterocycles. The number of halogens is 2. The number of thioether (sulfide) groups is 1. The lowest BCUT2D eigenvalue weighted by Gasteiger charge is -2.11. The molecule has 1 amide bonds. The quantitative estimate of drug-likeness (QED) is 0.403. The maximum atomic E-state index is 12.4. The van der Waals surface area contributed by atoms with Gasteiger partial charge >= 0.3 is 0 Å². The standard InChI is InChI=1S/C21H18BrClN2O3S/c1-4-8-28-18-11-14(22)13(9-17(18)27-3)10-19-20(26)25-21(29-19)24-16-7-5-6-15(23)12(16)2/h4-7,9-11H,1,8H2,2-3H3,(H,24,25,26)/b19-10+. The molecule has 1 aliphatic heterocycles. The number of methoxy groups -OCH3 is 1. The molecule has 8 heteroatoms. The van der Waals surface area contributed by atoms with Crippen LogP contribution in [0.2, 0.25) is 5.02 Å². The summed E-state index contributed by atoms with van der Waals surface area (Å²) in [6.07, 6.45) is 3.43. The van der Waals surface area contributed by atoms with Crippen LogP contribution in [0.1, 0.15) is 11.1 Å². The number of hydrogen-bond acceptors (Lipinski definition) is 5. The van der Waals surface area contributed by atoms with Gasteiger partial charge in [-0.1, -0.05) is 46.3 Å². The van der Waals surface area contributed by atoms with Crippen molar-refractivity contribution in [2.24, 2.45) is 4.99 Å². The Kier molecular flexibility index (Phi) is 7.05. The molecule has 0 spiro atoms. The second-order valence-electron chi connectivity index (χ2n) is 5.99. The summed E-state index contributed by atoms with van der Waals surface area (Å²) < 4.78 is 11.8. The zero-order valence-corrected chi connectivity index (χ0v) is 19.0. The minimum absolute atomic E-state index is 0.216. The monoisotopic (exact) mass is 492 g/mol. The second kappa shape index (κ2) is 9.52. The van der Waals surface area contributed by atoms with Gasteiger partial charge in [-0.05, 0) is 60.2 Å². The lowest BCUT2D eigenvalue weighted by atomic mass is 10.2. The molecule has 0 unspecified atom stereocenters. The van der Waals surface area contributed by atoms with Crippen LogP contribution in [-0.2, 0) is 4.79 Å². The Morgan fingerprint density at radius 2 is 2.14 bits per heavy atom. The van der Waals surface area contributed by atoms with E-state index in [0.717, 1.165) is 15.6 Å². The molecule has 1 aliphatic rings. The predicted octanol–water partition coefficient (Wildman–Crippen LogP) is 5.88. The molecule has 0 aliphatic carbocycles. The minimum Gasteiger partial charge on any atom is -0.493 e. The van der Waals surface area contributed by atoms with Gasteiger partial charge in [0, 0.05) is 9.50 Å². The number of aliphatic imine (C=N–C) groups is 1. The highest BCUT2D eigenvalue weighted by molar-refractivity contribution is 9.10. The fourth-order valence-corrected chi connectivity index (χ4v) is 3.96. The molecule has 1 heterocycles. The topological polar surface area (TPSA) is 59.9 Å². The molecule has 0 saturated carbocycles. The first-order chi connectivity index (χ1) is 13.9. The molecular formula is C21H18BrClN2O3S. The van der Waals surface area contributed by atoms with Crippen molar-refractivity contribution in [2.75, 3.05) is 13.7 Å². The zero-order chi connectivity index (χ0) is 21.0. The SMILES string of the molecule is C=CCOc1cc(Br)c(/C=C2/SC(=Nc3cccc(Cl)c3C)NC2=O)cc1OC. The van der Waals surface area contributed by atoms with E-state index >= 15 is 0 Å². The largest absolute Gasteiger partial charge is 0.493 e. The molecule has 0 bridgehead atoms. The summed E-state index contributed by atoms with van der Waals surface area (Å²) >= 11 is 10.9. The second-order valence-corrected chi connectivity index (χ2v) is 8.28. The minimum atomic E-state index is -0.216. The number of hydrogen-bond donors (Lipinski definition) is 1. The van der Waals surface area contributed by atoms with Gasteiger partial charge < -0.3 is 14.8 Å². The van der Waals surface area contributed by atoms with Crippen LogP contribution in [0.3, 0.4) is 0 Å². The molecule has 1 fully saturated rings. The van der Waals surface area contributed by atoms with Crippen molar-refractivity contribution < 1.29 is 14.3 Å². The van der Waals surface area contributed by atoms with Crippen LogP contribution in [0.15, 0.2) is 57.4 Å². The van der Waals surface area contributed by atoms with E-state index in [1.807, 2.05) is 19.1 Å². The number of amidine groups is 1. The van der Waals surface area contributed by atoms with Crippen LogP contribution < -0.4 is 14.8 Å². The highest BCUT2D eigenvalue weighted by Gasteiger charge is 2.24. The van der Waals surface area contributed by atoms with E-state index in [-0.39, 0.29) is 5.91 Å². The van der Waals surface area contributed by atoms with E-state index in [1.165, 1.54) is 11.8 Å². The van der Waals surface area contributed by atoms with Gasteiger partial charge in [0.15, 0.2) is 16.7 Å². The van der Waals surface area contributed by atoms with Crippen molar-refractivity contribution in [2.45, 2.75) is 6.92 Å². The Labute approximate surface area is 187 Å². The van der Waals surface area contributed by atoms with Gasteiger partial charge in [0.05, 0.1) is 17.7 Å². The van der Waals surface area contributed by atoms with Crippen molar-refractivity contribution in [1.82, 2.24) is 5.32 Å². The third-order valence-corrected chi connectivity index (χ3v) is 6.04. The number of rotatable bonds is 6. The Morgan fingerprint density at radius 3 is 2.86 bits per heavy atom. The fraction of sp³-hybridized carbons (Fsp3) is 0.143. The molecule has 0 aromatic heterocycles. The molecule has 150 valence electrons. The maximum absolute atomic E-state index is 12.4. The van der Waals surface area contributed by atoms with Crippen molar-refractivity contribution in [3.63, 3.8) is 0 Å². The van der Waals surface area contributed by atoms with Crippen LogP contribution in [0.5, 0.6) is 11.5 Å². The number of carbonyl (C=O) groups is 1. The van der Waals surface area contributed by atoms with Gasteiger partial charge in [-0.15, -0.1) is 0 Å².